The minimum atomic E-state index is -0.229. The van der Waals surface area contributed by atoms with E-state index < -0.39 is 0 Å². The van der Waals surface area contributed by atoms with E-state index in [2.05, 4.69) is 10.6 Å². The van der Waals surface area contributed by atoms with Crippen LogP contribution in [0.15, 0.2) is 18.2 Å². The molecule has 1 aromatic carbocycles. The van der Waals surface area contributed by atoms with Gasteiger partial charge in [-0.25, -0.2) is 4.39 Å². The smallest absolute Gasteiger partial charge is 0.242 e. The highest BCUT2D eigenvalue weighted by Gasteiger charge is 2.29. The lowest BCUT2D eigenvalue weighted by Crippen LogP contribution is -2.55. The average molecular weight is 265 g/mol. The van der Waals surface area contributed by atoms with E-state index in [1.807, 2.05) is 17.9 Å². The number of rotatable bonds is 4. The Hall–Kier alpha value is -1.62. The minimum absolute atomic E-state index is 0.0217. The highest BCUT2D eigenvalue weighted by atomic mass is 19.1. The largest absolute Gasteiger partial charge is 0.357 e. The molecule has 2 N–H and O–H groups in total. The van der Waals surface area contributed by atoms with Crippen molar-refractivity contribution in [1.82, 2.24) is 10.6 Å². The lowest BCUT2D eigenvalue weighted by atomic mass is 10.0. The lowest BCUT2D eigenvalue weighted by Gasteiger charge is -2.37. The van der Waals surface area contributed by atoms with Crippen molar-refractivity contribution in [3.05, 3.63) is 29.6 Å². The van der Waals surface area contributed by atoms with Gasteiger partial charge >= 0.3 is 0 Å². The molecule has 1 saturated heterocycles. The molecule has 0 radical (unpaired) electrons. The molecule has 19 heavy (non-hydrogen) atoms. The van der Waals surface area contributed by atoms with Crippen molar-refractivity contribution < 1.29 is 9.18 Å². The van der Waals surface area contributed by atoms with Gasteiger partial charge in [-0.3, -0.25) is 4.79 Å². The number of benzene rings is 1. The van der Waals surface area contributed by atoms with Crippen molar-refractivity contribution >= 4 is 11.6 Å². The summed E-state index contributed by atoms with van der Waals surface area (Å²) in [6.07, 6.45) is 0.710. The Morgan fingerprint density at radius 3 is 3.00 bits per heavy atom. The third-order valence-corrected chi connectivity index (χ3v) is 3.47. The molecule has 104 valence electrons. The van der Waals surface area contributed by atoms with Crippen molar-refractivity contribution in [2.24, 2.45) is 0 Å². The Balaban J connectivity index is 2.39. The van der Waals surface area contributed by atoms with Crippen LogP contribution >= 0.6 is 0 Å². The molecule has 1 heterocycles. The predicted octanol–water partition coefficient (Wildman–Crippen LogP) is 1.26. The number of hydrogen-bond acceptors (Lipinski definition) is 3. The Morgan fingerprint density at radius 2 is 2.32 bits per heavy atom. The van der Waals surface area contributed by atoms with Gasteiger partial charge in [-0.15, -0.1) is 0 Å². The molecule has 0 saturated carbocycles. The Labute approximate surface area is 113 Å². The molecule has 1 amide bonds. The zero-order valence-corrected chi connectivity index (χ0v) is 11.4. The first-order valence-corrected chi connectivity index (χ1v) is 6.65. The van der Waals surface area contributed by atoms with Crippen molar-refractivity contribution in [2.45, 2.75) is 25.9 Å². The molecule has 4 nitrogen and oxygen atoms in total. The second-order valence-electron chi connectivity index (χ2n) is 4.68. The lowest BCUT2D eigenvalue weighted by molar-refractivity contribution is -0.123. The highest BCUT2D eigenvalue weighted by molar-refractivity contribution is 5.86. The minimum Gasteiger partial charge on any atom is -0.357 e. The summed E-state index contributed by atoms with van der Waals surface area (Å²) in [6, 6.07) is 4.83. The van der Waals surface area contributed by atoms with Crippen LogP contribution < -0.4 is 15.5 Å². The van der Waals surface area contributed by atoms with Gasteiger partial charge in [-0.1, -0.05) is 13.0 Å². The molecular weight excluding hydrogens is 245 g/mol. The monoisotopic (exact) mass is 265 g/mol. The van der Waals surface area contributed by atoms with Gasteiger partial charge in [0.05, 0.1) is 0 Å². The normalized spacial score (nSPS) is 19.4. The number of piperazine rings is 1. The Kier molecular flexibility index (Phi) is 4.37. The number of nitrogens with one attached hydrogen (secondary N) is 2. The first kappa shape index (κ1) is 13.8. The van der Waals surface area contributed by atoms with Gasteiger partial charge in [0.2, 0.25) is 5.91 Å². The molecule has 1 atom stereocenters. The number of amides is 1. The van der Waals surface area contributed by atoms with E-state index in [4.69, 9.17) is 0 Å². The second-order valence-corrected chi connectivity index (χ2v) is 4.68. The third-order valence-electron chi connectivity index (χ3n) is 3.47. The summed E-state index contributed by atoms with van der Waals surface area (Å²) < 4.78 is 14.0. The molecule has 0 aliphatic carbocycles. The SMILES string of the molecule is CCC1C(=O)NCCN1c1cccc(F)c1CNC. The van der Waals surface area contributed by atoms with Gasteiger partial charge in [0, 0.05) is 30.9 Å². The van der Waals surface area contributed by atoms with Crippen LogP contribution in [0.2, 0.25) is 0 Å². The molecule has 1 aromatic rings. The van der Waals surface area contributed by atoms with Gasteiger partial charge in [0.15, 0.2) is 0 Å². The highest BCUT2D eigenvalue weighted by Crippen LogP contribution is 2.27. The van der Waals surface area contributed by atoms with E-state index in [1.165, 1.54) is 6.07 Å². The molecule has 1 aliphatic heterocycles. The van der Waals surface area contributed by atoms with E-state index in [9.17, 15) is 9.18 Å². The summed E-state index contributed by atoms with van der Waals surface area (Å²) in [5, 5.41) is 5.84. The van der Waals surface area contributed by atoms with Crippen LogP contribution in [-0.4, -0.2) is 32.1 Å². The molecule has 0 bridgehead atoms. The summed E-state index contributed by atoms with van der Waals surface area (Å²) in [4.78, 5) is 13.9. The Morgan fingerprint density at radius 1 is 1.53 bits per heavy atom. The number of hydrogen-bond donors (Lipinski definition) is 2. The van der Waals surface area contributed by atoms with Crippen LogP contribution in [-0.2, 0) is 11.3 Å². The second kappa shape index (κ2) is 6.02. The van der Waals surface area contributed by atoms with Crippen LogP contribution in [0, 0.1) is 5.82 Å². The number of nitrogens with zero attached hydrogens (tertiary/aromatic N) is 1. The van der Waals surface area contributed by atoms with Crippen LogP contribution in [0.3, 0.4) is 0 Å². The molecule has 1 fully saturated rings. The summed E-state index contributed by atoms with van der Waals surface area (Å²) in [6.45, 7) is 3.74. The first-order valence-electron chi connectivity index (χ1n) is 6.65. The van der Waals surface area contributed by atoms with E-state index in [0.717, 1.165) is 5.69 Å². The van der Waals surface area contributed by atoms with E-state index in [1.54, 1.807) is 13.1 Å². The van der Waals surface area contributed by atoms with Crippen molar-refractivity contribution in [3.63, 3.8) is 0 Å². The standard InChI is InChI=1S/C14H20FN3O/c1-3-12-14(19)17-7-8-18(12)13-6-4-5-11(15)10(13)9-16-2/h4-6,12,16H,3,7-9H2,1-2H3,(H,17,19). The van der Waals surface area contributed by atoms with Gasteiger partial charge in [-0.05, 0) is 25.6 Å². The first-order chi connectivity index (χ1) is 9.19. The zero-order chi connectivity index (χ0) is 13.8. The zero-order valence-electron chi connectivity index (χ0n) is 11.4. The van der Waals surface area contributed by atoms with E-state index in [-0.39, 0.29) is 17.8 Å². The van der Waals surface area contributed by atoms with Crippen LogP contribution in [0.1, 0.15) is 18.9 Å². The fourth-order valence-electron chi connectivity index (χ4n) is 2.58. The van der Waals surface area contributed by atoms with Crippen molar-refractivity contribution in [3.8, 4) is 0 Å². The molecular formula is C14H20FN3O. The number of halogens is 1. The van der Waals surface area contributed by atoms with E-state index in [0.29, 0.717) is 31.6 Å². The van der Waals surface area contributed by atoms with Gasteiger partial charge in [0.25, 0.3) is 0 Å². The van der Waals surface area contributed by atoms with Gasteiger partial charge < -0.3 is 15.5 Å². The summed E-state index contributed by atoms with van der Waals surface area (Å²) in [5.74, 6) is -0.207. The Bertz CT molecular complexity index is 464. The van der Waals surface area contributed by atoms with Gasteiger partial charge in [-0.2, -0.15) is 0 Å². The maximum atomic E-state index is 14.0. The summed E-state index contributed by atoms with van der Waals surface area (Å²) in [7, 11) is 1.79. The van der Waals surface area contributed by atoms with Crippen LogP contribution in [0.25, 0.3) is 0 Å². The predicted molar refractivity (Wildman–Crippen MR) is 73.6 cm³/mol. The molecule has 1 aliphatic rings. The molecule has 5 heteroatoms. The maximum absolute atomic E-state index is 14.0. The topological polar surface area (TPSA) is 44.4 Å². The average Bonchev–Trinajstić information content (AvgIpc) is 2.41. The number of anilines is 1. The molecule has 2 rings (SSSR count). The van der Waals surface area contributed by atoms with Crippen LogP contribution in [0.5, 0.6) is 0 Å². The third kappa shape index (κ3) is 2.71. The maximum Gasteiger partial charge on any atom is 0.242 e. The van der Waals surface area contributed by atoms with E-state index >= 15 is 0 Å². The molecule has 0 aromatic heterocycles. The van der Waals surface area contributed by atoms with Crippen molar-refractivity contribution in [2.75, 3.05) is 25.0 Å². The number of carbonyl (C=O) groups excluding carboxylic acids is 1. The fraction of sp³-hybridized carbons (Fsp3) is 0.500. The summed E-state index contributed by atoms with van der Waals surface area (Å²) >= 11 is 0. The van der Waals surface area contributed by atoms with Crippen molar-refractivity contribution in [1.29, 1.82) is 0 Å². The van der Waals surface area contributed by atoms with Crippen LogP contribution in [0.4, 0.5) is 10.1 Å². The fourth-order valence-corrected chi connectivity index (χ4v) is 2.58. The molecule has 1 unspecified atom stereocenters. The molecule has 0 spiro atoms. The quantitative estimate of drug-likeness (QED) is 0.861. The number of carbonyl (C=O) groups is 1. The van der Waals surface area contributed by atoms with Gasteiger partial charge in [0.1, 0.15) is 11.9 Å². The summed E-state index contributed by atoms with van der Waals surface area (Å²) in [5.41, 5.74) is 1.44.